The predicted molar refractivity (Wildman–Crippen MR) is 96.2 cm³/mol. The summed E-state index contributed by atoms with van der Waals surface area (Å²) in [5.74, 6) is 2.65. The minimum atomic E-state index is 0.211. The Labute approximate surface area is 142 Å². The number of nitrogens with zero attached hydrogens (tertiary/aromatic N) is 2. The maximum absolute atomic E-state index is 5.38. The Morgan fingerprint density at radius 3 is 2.54 bits per heavy atom. The average molecular weight is 323 g/mol. The van der Waals surface area contributed by atoms with Crippen molar-refractivity contribution in [2.24, 2.45) is 5.41 Å². The molecule has 0 atom stereocenters. The number of aromatic amines is 1. The topological polar surface area (TPSA) is 54.7 Å². The number of hydrogen-bond donors (Lipinski definition) is 1. The summed E-state index contributed by atoms with van der Waals surface area (Å²) in [5.41, 5.74) is 6.99. The minimum absolute atomic E-state index is 0.211. The molecule has 2 heterocycles. The third-order valence-corrected chi connectivity index (χ3v) is 4.69. The van der Waals surface area contributed by atoms with Crippen molar-refractivity contribution < 1.29 is 4.52 Å². The van der Waals surface area contributed by atoms with Crippen LogP contribution in [0.15, 0.2) is 16.7 Å². The zero-order valence-corrected chi connectivity index (χ0v) is 15.2. The summed E-state index contributed by atoms with van der Waals surface area (Å²) in [6.45, 7) is 10.8. The Kier molecular flexibility index (Phi) is 3.34. The van der Waals surface area contributed by atoms with Crippen LogP contribution < -0.4 is 0 Å². The number of aryl methyl sites for hydroxylation is 2. The molecule has 0 amide bonds. The zero-order valence-electron chi connectivity index (χ0n) is 15.2. The van der Waals surface area contributed by atoms with E-state index in [0.717, 1.165) is 40.3 Å². The smallest absolute Gasteiger partial charge is 0.141 e. The van der Waals surface area contributed by atoms with E-state index in [4.69, 9.17) is 9.51 Å². The molecule has 3 aromatic rings. The van der Waals surface area contributed by atoms with Crippen LogP contribution in [-0.4, -0.2) is 15.1 Å². The molecule has 4 nitrogen and oxygen atoms in total. The molecule has 0 radical (unpaired) electrons. The Morgan fingerprint density at radius 2 is 1.96 bits per heavy atom. The van der Waals surface area contributed by atoms with E-state index in [1.807, 2.05) is 13.8 Å². The standard InChI is InChI=1S/C20H25N3O/c1-11-17(12(2)24-23-11)14-8-15(10-20(3,4)5)18-16(9-14)21-19(22-18)13-6-7-13/h8-9,13H,6-7,10H2,1-5H3,(H,21,22). The highest BCUT2D eigenvalue weighted by atomic mass is 16.5. The lowest BCUT2D eigenvalue weighted by atomic mass is 9.86. The van der Waals surface area contributed by atoms with Crippen molar-refractivity contribution in [1.82, 2.24) is 15.1 Å². The van der Waals surface area contributed by atoms with E-state index in [1.165, 1.54) is 24.0 Å². The third kappa shape index (κ3) is 2.74. The number of aromatic nitrogens is 3. The van der Waals surface area contributed by atoms with Crippen molar-refractivity contribution >= 4 is 11.0 Å². The molecular formula is C20H25N3O. The first-order valence-corrected chi connectivity index (χ1v) is 8.77. The van der Waals surface area contributed by atoms with Crippen molar-refractivity contribution in [3.8, 4) is 11.1 Å². The number of fused-ring (bicyclic) bond motifs is 1. The summed E-state index contributed by atoms with van der Waals surface area (Å²) in [6, 6.07) is 4.48. The Balaban J connectivity index is 1.92. The molecule has 0 aliphatic heterocycles. The van der Waals surface area contributed by atoms with Crippen molar-refractivity contribution in [3.05, 3.63) is 35.0 Å². The molecule has 0 saturated heterocycles. The van der Waals surface area contributed by atoms with Gasteiger partial charge in [0, 0.05) is 11.5 Å². The molecule has 1 aliphatic carbocycles. The lowest BCUT2D eigenvalue weighted by molar-refractivity contribution is 0.393. The molecule has 24 heavy (non-hydrogen) atoms. The van der Waals surface area contributed by atoms with Crippen LogP contribution in [0.2, 0.25) is 0 Å². The minimum Gasteiger partial charge on any atom is -0.361 e. The summed E-state index contributed by atoms with van der Waals surface area (Å²) in [6.07, 6.45) is 3.51. The lowest BCUT2D eigenvalue weighted by Gasteiger charge is -2.19. The average Bonchev–Trinajstić information content (AvgIpc) is 3.15. The van der Waals surface area contributed by atoms with Crippen molar-refractivity contribution in [2.45, 2.75) is 59.8 Å². The van der Waals surface area contributed by atoms with E-state index in [9.17, 15) is 0 Å². The molecule has 4 heteroatoms. The summed E-state index contributed by atoms with van der Waals surface area (Å²) >= 11 is 0. The van der Waals surface area contributed by atoms with Crippen LogP contribution in [0, 0.1) is 19.3 Å². The van der Waals surface area contributed by atoms with Gasteiger partial charge >= 0.3 is 0 Å². The molecular weight excluding hydrogens is 298 g/mol. The lowest BCUT2D eigenvalue weighted by Crippen LogP contribution is -2.09. The van der Waals surface area contributed by atoms with E-state index < -0.39 is 0 Å². The molecule has 0 spiro atoms. The molecule has 2 aromatic heterocycles. The maximum Gasteiger partial charge on any atom is 0.141 e. The SMILES string of the molecule is Cc1noc(C)c1-c1cc(CC(C)(C)C)c2nc(C3CC3)[nH]c2c1. The Bertz CT molecular complexity index is 887. The number of hydrogen-bond acceptors (Lipinski definition) is 3. The highest BCUT2D eigenvalue weighted by Crippen LogP contribution is 2.40. The molecule has 126 valence electrons. The van der Waals surface area contributed by atoms with Crippen molar-refractivity contribution in [2.75, 3.05) is 0 Å². The van der Waals surface area contributed by atoms with Crippen molar-refractivity contribution in [3.63, 3.8) is 0 Å². The second-order valence-electron chi connectivity index (χ2n) is 8.36. The zero-order chi connectivity index (χ0) is 17.1. The summed E-state index contributed by atoms with van der Waals surface area (Å²) in [5, 5.41) is 4.12. The quantitative estimate of drug-likeness (QED) is 0.711. The Hall–Kier alpha value is -2.10. The molecule has 1 aromatic carbocycles. The van der Waals surface area contributed by atoms with Crippen LogP contribution in [0.1, 0.15) is 62.4 Å². The van der Waals surface area contributed by atoms with Crippen molar-refractivity contribution in [1.29, 1.82) is 0 Å². The maximum atomic E-state index is 5.38. The Morgan fingerprint density at radius 1 is 1.21 bits per heavy atom. The third-order valence-electron chi connectivity index (χ3n) is 4.69. The van der Waals surface area contributed by atoms with Gasteiger partial charge in [-0.05, 0) is 61.8 Å². The first-order valence-electron chi connectivity index (χ1n) is 8.77. The van der Waals surface area contributed by atoms with E-state index in [0.29, 0.717) is 5.92 Å². The normalized spacial score (nSPS) is 15.4. The van der Waals surface area contributed by atoms with E-state index in [-0.39, 0.29) is 5.41 Å². The van der Waals surface area contributed by atoms with E-state index in [1.54, 1.807) is 0 Å². The van der Waals surface area contributed by atoms with Gasteiger partial charge in [-0.25, -0.2) is 4.98 Å². The van der Waals surface area contributed by atoms with E-state index >= 15 is 0 Å². The number of imidazole rings is 1. The highest BCUT2D eigenvalue weighted by molar-refractivity contribution is 5.86. The van der Waals surface area contributed by atoms with Crippen LogP contribution in [0.25, 0.3) is 22.2 Å². The molecule has 1 N–H and O–H groups in total. The number of benzene rings is 1. The summed E-state index contributed by atoms with van der Waals surface area (Å²) in [4.78, 5) is 8.49. The van der Waals surface area contributed by atoms with Gasteiger partial charge < -0.3 is 9.51 Å². The fourth-order valence-electron chi connectivity index (χ4n) is 3.50. The molecule has 1 saturated carbocycles. The van der Waals surface area contributed by atoms with Gasteiger partial charge in [-0.2, -0.15) is 0 Å². The molecule has 1 fully saturated rings. The first-order chi connectivity index (χ1) is 11.3. The highest BCUT2D eigenvalue weighted by Gasteiger charge is 2.28. The molecule has 0 unspecified atom stereocenters. The van der Waals surface area contributed by atoms with Gasteiger partial charge in [-0.15, -0.1) is 0 Å². The number of rotatable bonds is 3. The van der Waals surface area contributed by atoms with E-state index in [2.05, 4.69) is 43.0 Å². The van der Waals surface area contributed by atoms with Gasteiger partial charge in [0.2, 0.25) is 0 Å². The van der Waals surface area contributed by atoms with Crippen LogP contribution in [0.5, 0.6) is 0 Å². The second kappa shape index (κ2) is 5.20. The predicted octanol–water partition coefficient (Wildman–Crippen LogP) is 5.30. The van der Waals surface area contributed by atoms with Crippen LogP contribution in [-0.2, 0) is 6.42 Å². The van der Waals surface area contributed by atoms with Gasteiger partial charge in [-0.1, -0.05) is 25.9 Å². The summed E-state index contributed by atoms with van der Waals surface area (Å²) in [7, 11) is 0. The molecule has 1 aliphatic rings. The number of nitrogens with one attached hydrogen (secondary N) is 1. The summed E-state index contributed by atoms with van der Waals surface area (Å²) < 4.78 is 5.38. The monoisotopic (exact) mass is 323 g/mol. The van der Waals surface area contributed by atoms with Crippen LogP contribution in [0.4, 0.5) is 0 Å². The van der Waals surface area contributed by atoms with Crippen LogP contribution in [0.3, 0.4) is 0 Å². The van der Waals surface area contributed by atoms with Gasteiger partial charge in [-0.3, -0.25) is 0 Å². The second-order valence-corrected chi connectivity index (χ2v) is 8.36. The van der Waals surface area contributed by atoms with Gasteiger partial charge in [0.25, 0.3) is 0 Å². The fourth-order valence-corrected chi connectivity index (χ4v) is 3.50. The van der Waals surface area contributed by atoms with Gasteiger partial charge in [0.05, 0.1) is 16.7 Å². The van der Waals surface area contributed by atoms with Crippen LogP contribution >= 0.6 is 0 Å². The first kappa shape index (κ1) is 15.4. The van der Waals surface area contributed by atoms with Gasteiger partial charge in [0.15, 0.2) is 0 Å². The molecule has 0 bridgehead atoms. The largest absolute Gasteiger partial charge is 0.361 e. The van der Waals surface area contributed by atoms with Gasteiger partial charge in [0.1, 0.15) is 11.6 Å². The molecule has 4 rings (SSSR count). The number of H-pyrrole nitrogens is 1. The fraction of sp³-hybridized carbons (Fsp3) is 0.500.